The number of hydrogen-bond donors (Lipinski definition) is 2. The van der Waals surface area contributed by atoms with Crippen LogP contribution in [0, 0.1) is 0 Å². The molecular formula is C22H28ClN7O3S. The van der Waals surface area contributed by atoms with Crippen LogP contribution in [0.4, 0.5) is 17.6 Å². The summed E-state index contributed by atoms with van der Waals surface area (Å²) >= 11 is 7.20. The van der Waals surface area contributed by atoms with Crippen LogP contribution in [0.25, 0.3) is 0 Å². The minimum absolute atomic E-state index is 0.0578. The Labute approximate surface area is 207 Å². The highest BCUT2D eigenvalue weighted by atomic mass is 35.5. The quantitative estimate of drug-likeness (QED) is 0.461. The number of benzene rings is 1. The average molecular weight is 506 g/mol. The van der Waals surface area contributed by atoms with E-state index in [1.54, 1.807) is 31.0 Å². The van der Waals surface area contributed by atoms with Crippen molar-refractivity contribution in [2.24, 2.45) is 0 Å². The lowest BCUT2D eigenvalue weighted by Gasteiger charge is -2.29. The SMILES string of the molecule is CCOC(=O)/C=C1/SC(N2CCCCC2)C(=O)N1C.Nc1ncnc(Nc2ccc(Cl)cc2)n1. The zero-order valence-corrected chi connectivity index (χ0v) is 20.7. The van der Waals surface area contributed by atoms with Gasteiger partial charge in [0.1, 0.15) is 11.7 Å². The van der Waals surface area contributed by atoms with E-state index in [1.807, 2.05) is 12.1 Å². The molecule has 2 aromatic rings. The van der Waals surface area contributed by atoms with Crippen molar-refractivity contribution in [3.05, 3.63) is 46.7 Å². The molecule has 1 aromatic heterocycles. The summed E-state index contributed by atoms with van der Waals surface area (Å²) in [6.45, 7) is 4.04. The van der Waals surface area contributed by atoms with Gasteiger partial charge in [-0.2, -0.15) is 4.98 Å². The second-order valence-electron chi connectivity index (χ2n) is 7.50. The van der Waals surface area contributed by atoms with Crippen molar-refractivity contribution in [2.75, 3.05) is 37.8 Å². The molecule has 10 nitrogen and oxygen atoms in total. The van der Waals surface area contributed by atoms with E-state index in [2.05, 4.69) is 25.2 Å². The maximum absolute atomic E-state index is 12.2. The first kappa shape index (κ1) is 25.7. The molecule has 1 atom stereocenters. The summed E-state index contributed by atoms with van der Waals surface area (Å²) in [5.41, 5.74) is 6.25. The van der Waals surface area contributed by atoms with E-state index in [0.717, 1.165) is 31.6 Å². The van der Waals surface area contributed by atoms with Gasteiger partial charge in [-0.15, -0.1) is 0 Å². The normalized spacial score (nSPS) is 19.5. The smallest absolute Gasteiger partial charge is 0.333 e. The number of ether oxygens (including phenoxy) is 1. The number of likely N-dealkylation sites (tertiary alicyclic amines) is 1. The van der Waals surface area contributed by atoms with Crippen LogP contribution in [-0.4, -0.2) is 68.7 Å². The first-order valence-corrected chi connectivity index (χ1v) is 12.2. The van der Waals surface area contributed by atoms with Crippen molar-refractivity contribution in [3.8, 4) is 0 Å². The molecule has 0 aliphatic carbocycles. The number of hydrogen-bond acceptors (Lipinski definition) is 10. The van der Waals surface area contributed by atoms with Crippen LogP contribution >= 0.6 is 23.4 Å². The fourth-order valence-corrected chi connectivity index (χ4v) is 4.73. The van der Waals surface area contributed by atoms with Crippen molar-refractivity contribution in [3.63, 3.8) is 0 Å². The van der Waals surface area contributed by atoms with Crippen LogP contribution in [0.5, 0.6) is 0 Å². The lowest BCUT2D eigenvalue weighted by atomic mass is 10.1. The van der Waals surface area contributed by atoms with Gasteiger partial charge >= 0.3 is 5.97 Å². The number of nitrogens with zero attached hydrogens (tertiary/aromatic N) is 5. The van der Waals surface area contributed by atoms with Crippen LogP contribution in [0.2, 0.25) is 5.02 Å². The third-order valence-electron chi connectivity index (χ3n) is 5.05. The number of anilines is 3. The molecule has 4 rings (SSSR count). The van der Waals surface area contributed by atoms with E-state index in [1.165, 1.54) is 30.6 Å². The molecule has 3 N–H and O–H groups in total. The Hall–Kier alpha value is -2.89. The Bertz CT molecular complexity index is 1020. The number of carbonyl (C=O) groups is 2. The van der Waals surface area contributed by atoms with Crippen molar-refractivity contribution in [1.82, 2.24) is 24.8 Å². The summed E-state index contributed by atoms with van der Waals surface area (Å²) in [5, 5.41) is 4.15. The summed E-state index contributed by atoms with van der Waals surface area (Å²) in [5.74, 6) is 0.262. The van der Waals surface area contributed by atoms with Gasteiger partial charge in [0.2, 0.25) is 11.9 Å². The Kier molecular flexibility index (Phi) is 9.49. The van der Waals surface area contributed by atoms with Gasteiger partial charge in [0, 0.05) is 17.8 Å². The number of piperidine rings is 1. The third kappa shape index (κ3) is 7.31. The largest absolute Gasteiger partial charge is 0.463 e. The van der Waals surface area contributed by atoms with E-state index in [0.29, 0.717) is 22.6 Å². The van der Waals surface area contributed by atoms with Gasteiger partial charge in [-0.1, -0.05) is 29.8 Å². The molecule has 2 aliphatic rings. The molecule has 1 aromatic carbocycles. The first-order chi connectivity index (χ1) is 16.4. The molecule has 2 fully saturated rings. The number of amides is 1. The lowest BCUT2D eigenvalue weighted by Crippen LogP contribution is -2.42. The predicted octanol–water partition coefficient (Wildman–Crippen LogP) is 3.26. The number of aromatic nitrogens is 3. The summed E-state index contributed by atoms with van der Waals surface area (Å²) in [7, 11) is 1.71. The van der Waals surface area contributed by atoms with Gasteiger partial charge in [-0.3, -0.25) is 9.69 Å². The molecule has 12 heteroatoms. The molecule has 3 heterocycles. The highest BCUT2D eigenvalue weighted by molar-refractivity contribution is 8.04. The van der Waals surface area contributed by atoms with Gasteiger partial charge in [0.05, 0.1) is 17.7 Å². The fraction of sp³-hybridized carbons (Fsp3) is 0.409. The first-order valence-electron chi connectivity index (χ1n) is 10.9. The molecule has 182 valence electrons. The number of nitrogens with two attached hydrogens (primary N) is 1. The molecular weight excluding hydrogens is 478 g/mol. The zero-order valence-electron chi connectivity index (χ0n) is 19.1. The number of esters is 1. The fourth-order valence-electron chi connectivity index (χ4n) is 3.35. The van der Waals surface area contributed by atoms with Crippen molar-refractivity contribution in [2.45, 2.75) is 31.6 Å². The highest BCUT2D eigenvalue weighted by Gasteiger charge is 2.39. The molecule has 0 spiro atoms. The number of thioether (sulfide) groups is 1. The molecule has 2 aliphatic heterocycles. The van der Waals surface area contributed by atoms with Crippen LogP contribution in [0.15, 0.2) is 41.7 Å². The lowest BCUT2D eigenvalue weighted by molar-refractivity contribution is -0.137. The van der Waals surface area contributed by atoms with Crippen LogP contribution in [0.1, 0.15) is 26.2 Å². The topological polar surface area (TPSA) is 127 Å². The second-order valence-corrected chi connectivity index (χ2v) is 9.03. The van der Waals surface area contributed by atoms with Gasteiger partial charge in [0.25, 0.3) is 5.91 Å². The Morgan fingerprint density at radius 2 is 1.97 bits per heavy atom. The maximum Gasteiger partial charge on any atom is 0.333 e. The van der Waals surface area contributed by atoms with Gasteiger partial charge in [-0.05, 0) is 57.1 Å². The number of carbonyl (C=O) groups excluding carboxylic acids is 2. The van der Waals surface area contributed by atoms with Crippen LogP contribution < -0.4 is 11.1 Å². The van der Waals surface area contributed by atoms with E-state index in [9.17, 15) is 9.59 Å². The van der Waals surface area contributed by atoms with E-state index >= 15 is 0 Å². The third-order valence-corrected chi connectivity index (χ3v) is 6.65. The predicted molar refractivity (Wildman–Crippen MR) is 133 cm³/mol. The number of nitrogens with one attached hydrogen (secondary N) is 1. The Morgan fingerprint density at radius 1 is 1.26 bits per heavy atom. The molecule has 0 bridgehead atoms. The zero-order chi connectivity index (χ0) is 24.5. The number of likely N-dealkylation sites (N-methyl/N-ethyl adjacent to an activating group) is 1. The van der Waals surface area contributed by atoms with Gasteiger partial charge in [0.15, 0.2) is 0 Å². The number of nitrogen functional groups attached to an aromatic ring is 1. The van der Waals surface area contributed by atoms with E-state index in [-0.39, 0.29) is 23.2 Å². The minimum atomic E-state index is -0.385. The Balaban J connectivity index is 0.000000196. The monoisotopic (exact) mass is 505 g/mol. The van der Waals surface area contributed by atoms with E-state index in [4.69, 9.17) is 22.1 Å². The maximum atomic E-state index is 12.2. The van der Waals surface area contributed by atoms with E-state index < -0.39 is 0 Å². The standard InChI is InChI=1S/C13H20N2O3S.C9H8ClN5/c1-3-18-11(16)9-10-14(2)12(17)13(19-10)15-7-5-4-6-8-15;10-6-1-3-7(4-2-6)14-9-13-5-12-8(11)15-9/h9,13H,3-8H2,1-2H3;1-5H,(H3,11,12,13,14,15)/b10-9+;. The second kappa shape index (κ2) is 12.5. The molecule has 2 saturated heterocycles. The average Bonchev–Trinajstić information content (AvgIpc) is 3.10. The molecule has 34 heavy (non-hydrogen) atoms. The summed E-state index contributed by atoms with van der Waals surface area (Å²) in [6.07, 6.45) is 6.29. The van der Waals surface area contributed by atoms with Crippen LogP contribution in [0.3, 0.4) is 0 Å². The van der Waals surface area contributed by atoms with Crippen molar-refractivity contribution >= 4 is 52.8 Å². The van der Waals surface area contributed by atoms with Gasteiger partial charge < -0.3 is 20.7 Å². The minimum Gasteiger partial charge on any atom is -0.463 e. The van der Waals surface area contributed by atoms with Crippen molar-refractivity contribution < 1.29 is 14.3 Å². The molecule has 1 unspecified atom stereocenters. The Morgan fingerprint density at radius 3 is 2.62 bits per heavy atom. The van der Waals surface area contributed by atoms with Gasteiger partial charge in [-0.25, -0.2) is 14.8 Å². The van der Waals surface area contributed by atoms with Crippen LogP contribution in [-0.2, 0) is 14.3 Å². The summed E-state index contributed by atoms with van der Waals surface area (Å²) in [6, 6.07) is 7.19. The molecule has 0 saturated carbocycles. The number of rotatable bonds is 5. The summed E-state index contributed by atoms with van der Waals surface area (Å²) < 4.78 is 4.89. The molecule has 1 amide bonds. The summed E-state index contributed by atoms with van der Waals surface area (Å²) in [4.78, 5) is 39.0. The molecule has 0 radical (unpaired) electrons. The highest BCUT2D eigenvalue weighted by Crippen LogP contribution is 2.36. The van der Waals surface area contributed by atoms with Crippen molar-refractivity contribution in [1.29, 1.82) is 0 Å². The number of halogens is 1.